The Bertz CT molecular complexity index is 1280. The van der Waals surface area contributed by atoms with Crippen LogP contribution in [0, 0.1) is 0 Å². The first-order valence-electron chi connectivity index (χ1n) is 11.3. The highest BCUT2D eigenvalue weighted by Gasteiger charge is 2.28. The van der Waals surface area contributed by atoms with E-state index in [9.17, 15) is 0 Å². The van der Waals surface area contributed by atoms with Crippen LogP contribution in [-0.4, -0.2) is 62.7 Å². The van der Waals surface area contributed by atoms with Crippen LogP contribution < -0.4 is 14.8 Å². The molecule has 1 saturated heterocycles. The fraction of sp³-hybridized carbons (Fsp3) is 0.458. The van der Waals surface area contributed by atoms with Crippen molar-refractivity contribution in [2.45, 2.75) is 45.2 Å². The van der Waals surface area contributed by atoms with Crippen molar-refractivity contribution in [2.24, 2.45) is 0 Å². The second kappa shape index (κ2) is 8.22. The van der Waals surface area contributed by atoms with Crippen LogP contribution in [0.3, 0.4) is 0 Å². The van der Waals surface area contributed by atoms with E-state index in [0.29, 0.717) is 23.4 Å². The van der Waals surface area contributed by atoms with Crippen molar-refractivity contribution in [3.8, 4) is 11.5 Å². The molecule has 5 rings (SSSR count). The summed E-state index contributed by atoms with van der Waals surface area (Å²) in [5.74, 6) is 2.04. The molecule has 0 amide bonds. The van der Waals surface area contributed by atoms with Crippen molar-refractivity contribution in [2.75, 3.05) is 32.6 Å². The zero-order valence-electron chi connectivity index (χ0n) is 19.8. The molecule has 0 bridgehead atoms. The van der Waals surface area contributed by atoms with Gasteiger partial charge in [-0.05, 0) is 39.7 Å². The molecule has 9 nitrogen and oxygen atoms in total. The highest BCUT2D eigenvalue weighted by molar-refractivity contribution is 6.10. The molecule has 4 aromatic rings. The van der Waals surface area contributed by atoms with Crippen LogP contribution >= 0.6 is 0 Å². The number of benzene rings is 1. The van der Waals surface area contributed by atoms with Gasteiger partial charge >= 0.3 is 0 Å². The highest BCUT2D eigenvalue weighted by atomic mass is 16.5. The zero-order valence-corrected chi connectivity index (χ0v) is 19.8. The van der Waals surface area contributed by atoms with Crippen LogP contribution in [0.5, 0.6) is 11.5 Å². The number of likely N-dealkylation sites (tertiary alicyclic amines) is 1. The lowest BCUT2D eigenvalue weighted by Gasteiger charge is -2.40. The Morgan fingerprint density at radius 2 is 1.85 bits per heavy atom. The predicted octanol–water partition coefficient (Wildman–Crippen LogP) is 4.50. The van der Waals surface area contributed by atoms with E-state index in [0.717, 1.165) is 53.4 Å². The van der Waals surface area contributed by atoms with Gasteiger partial charge in [0.1, 0.15) is 22.5 Å². The summed E-state index contributed by atoms with van der Waals surface area (Å²) in [6.45, 7) is 9.01. The standard InChI is InChI=1S/C24H31N7O2/c1-24(2,3)30-8-6-16(7-9-30)31-14-15(12-26-31)27-23-22-19(13-25-29-22)18-10-17(32-4)11-20(33-5)21(18)28-23/h10-14,16H,6-9H2,1-5H3,(H,25,29)(H,27,28). The number of hydrogen-bond donors (Lipinski definition) is 2. The number of ether oxygens (including phenoxy) is 2. The Balaban J connectivity index is 1.43. The van der Waals surface area contributed by atoms with Crippen molar-refractivity contribution in [1.82, 2.24) is 29.9 Å². The van der Waals surface area contributed by atoms with E-state index < -0.39 is 0 Å². The first-order valence-corrected chi connectivity index (χ1v) is 11.3. The molecule has 2 N–H and O–H groups in total. The number of fused-ring (bicyclic) bond motifs is 3. The summed E-state index contributed by atoms with van der Waals surface area (Å²) >= 11 is 0. The Morgan fingerprint density at radius 1 is 1.06 bits per heavy atom. The fourth-order valence-corrected chi connectivity index (χ4v) is 4.65. The quantitative estimate of drug-likeness (QED) is 0.463. The summed E-state index contributed by atoms with van der Waals surface area (Å²) in [4.78, 5) is 7.41. The largest absolute Gasteiger partial charge is 0.497 e. The molecule has 0 unspecified atom stereocenters. The van der Waals surface area contributed by atoms with Crippen LogP contribution in [-0.2, 0) is 0 Å². The third-order valence-corrected chi connectivity index (χ3v) is 6.55. The van der Waals surface area contributed by atoms with Gasteiger partial charge < -0.3 is 14.8 Å². The molecule has 1 aliphatic heterocycles. The molecule has 1 aliphatic rings. The van der Waals surface area contributed by atoms with E-state index in [2.05, 4.69) is 57.2 Å². The molecule has 0 radical (unpaired) electrons. The maximum Gasteiger partial charge on any atom is 0.157 e. The summed E-state index contributed by atoms with van der Waals surface area (Å²) in [5, 5.41) is 17.3. The monoisotopic (exact) mass is 449 g/mol. The maximum absolute atomic E-state index is 5.60. The van der Waals surface area contributed by atoms with Crippen LogP contribution in [0.25, 0.3) is 21.8 Å². The van der Waals surface area contributed by atoms with E-state index in [1.54, 1.807) is 20.4 Å². The van der Waals surface area contributed by atoms with Gasteiger partial charge in [-0.15, -0.1) is 0 Å². The number of H-pyrrole nitrogens is 1. The minimum Gasteiger partial charge on any atom is -0.497 e. The van der Waals surface area contributed by atoms with Gasteiger partial charge in [0.25, 0.3) is 0 Å². The molecule has 4 heterocycles. The molecular weight excluding hydrogens is 418 g/mol. The van der Waals surface area contributed by atoms with Crippen molar-refractivity contribution in [3.05, 3.63) is 30.7 Å². The lowest BCUT2D eigenvalue weighted by Crippen LogP contribution is -2.46. The Kier molecular flexibility index (Phi) is 5.36. The summed E-state index contributed by atoms with van der Waals surface area (Å²) in [7, 11) is 3.28. The Labute approximate surface area is 193 Å². The molecule has 1 aromatic carbocycles. The van der Waals surface area contributed by atoms with Crippen molar-refractivity contribution >= 4 is 33.3 Å². The summed E-state index contributed by atoms with van der Waals surface area (Å²) in [6, 6.07) is 4.20. The van der Waals surface area contributed by atoms with Gasteiger partial charge in [-0.3, -0.25) is 14.7 Å². The number of nitrogens with zero attached hydrogens (tertiary/aromatic N) is 5. The van der Waals surface area contributed by atoms with E-state index in [4.69, 9.17) is 14.5 Å². The lowest BCUT2D eigenvalue weighted by molar-refractivity contribution is 0.0870. The number of aromatic amines is 1. The number of methoxy groups -OCH3 is 2. The van der Waals surface area contributed by atoms with Crippen molar-refractivity contribution in [1.29, 1.82) is 0 Å². The Morgan fingerprint density at radius 3 is 2.55 bits per heavy atom. The van der Waals surface area contributed by atoms with Gasteiger partial charge in [-0.1, -0.05) is 0 Å². The minimum atomic E-state index is 0.212. The number of rotatable bonds is 5. The van der Waals surface area contributed by atoms with Crippen molar-refractivity contribution in [3.63, 3.8) is 0 Å². The Hall–Kier alpha value is -3.33. The molecule has 174 valence electrons. The zero-order chi connectivity index (χ0) is 23.2. The average molecular weight is 450 g/mol. The third-order valence-electron chi connectivity index (χ3n) is 6.55. The molecular formula is C24H31N7O2. The van der Waals surface area contributed by atoms with Crippen LogP contribution in [0.15, 0.2) is 30.7 Å². The highest BCUT2D eigenvalue weighted by Crippen LogP contribution is 2.37. The number of hydrogen-bond acceptors (Lipinski definition) is 7. The smallest absolute Gasteiger partial charge is 0.157 e. The SMILES string of the molecule is COc1cc(OC)c2nc(Nc3cnn(C4CCN(C(C)(C)C)CC4)c3)c3[nH]ncc3c2c1. The molecule has 3 aromatic heterocycles. The third kappa shape index (κ3) is 3.97. The average Bonchev–Trinajstić information content (AvgIpc) is 3.48. The van der Waals surface area contributed by atoms with E-state index in [-0.39, 0.29) is 5.54 Å². The first kappa shape index (κ1) is 21.5. The van der Waals surface area contributed by atoms with E-state index in [1.807, 2.05) is 18.3 Å². The number of piperidine rings is 1. The minimum absolute atomic E-state index is 0.212. The molecule has 9 heteroatoms. The number of nitrogens with one attached hydrogen (secondary N) is 2. The summed E-state index contributed by atoms with van der Waals surface area (Å²) in [5.41, 5.74) is 2.67. The van der Waals surface area contributed by atoms with Gasteiger partial charge in [0.2, 0.25) is 0 Å². The maximum atomic E-state index is 5.60. The van der Waals surface area contributed by atoms with E-state index >= 15 is 0 Å². The van der Waals surface area contributed by atoms with Gasteiger partial charge in [0, 0.05) is 41.7 Å². The summed E-state index contributed by atoms with van der Waals surface area (Å²) in [6.07, 6.45) is 7.91. The molecule has 33 heavy (non-hydrogen) atoms. The van der Waals surface area contributed by atoms with Gasteiger partial charge in [0.15, 0.2) is 5.82 Å². The molecule has 1 fully saturated rings. The number of pyridine rings is 1. The summed E-state index contributed by atoms with van der Waals surface area (Å²) < 4.78 is 13.1. The van der Waals surface area contributed by atoms with Gasteiger partial charge in [-0.25, -0.2) is 4.98 Å². The van der Waals surface area contributed by atoms with Gasteiger partial charge in [0.05, 0.1) is 38.3 Å². The molecule has 0 saturated carbocycles. The second-order valence-electron chi connectivity index (χ2n) is 9.57. The first-order chi connectivity index (χ1) is 15.9. The molecule has 0 aliphatic carbocycles. The normalized spacial score (nSPS) is 15.9. The fourth-order valence-electron chi connectivity index (χ4n) is 4.65. The van der Waals surface area contributed by atoms with E-state index in [1.165, 1.54) is 0 Å². The molecule has 0 atom stereocenters. The lowest BCUT2D eigenvalue weighted by atomic mass is 9.98. The van der Waals surface area contributed by atoms with Crippen LogP contribution in [0.4, 0.5) is 11.5 Å². The number of aromatic nitrogens is 5. The topological polar surface area (TPSA) is 93.1 Å². The van der Waals surface area contributed by atoms with Crippen LogP contribution in [0.1, 0.15) is 39.7 Å². The van der Waals surface area contributed by atoms with Crippen molar-refractivity contribution < 1.29 is 9.47 Å². The predicted molar refractivity (Wildman–Crippen MR) is 130 cm³/mol. The van der Waals surface area contributed by atoms with Crippen LogP contribution in [0.2, 0.25) is 0 Å². The van der Waals surface area contributed by atoms with Gasteiger partial charge in [-0.2, -0.15) is 10.2 Å². The molecule has 0 spiro atoms. The second-order valence-corrected chi connectivity index (χ2v) is 9.57. The number of anilines is 2.